The molecule has 1 N–H and O–H groups in total. The van der Waals surface area contributed by atoms with Gasteiger partial charge in [0.2, 0.25) is 0 Å². The Morgan fingerprint density at radius 3 is 2.76 bits per heavy atom. The Bertz CT molecular complexity index is 494. The van der Waals surface area contributed by atoms with Crippen LogP contribution in [-0.4, -0.2) is 31.8 Å². The molecule has 0 aliphatic carbocycles. The molecule has 2 atom stereocenters. The zero-order valence-electron chi connectivity index (χ0n) is 12.4. The average molecular weight is 334 g/mol. The standard InChI is InChI=1S/C15H20ClNO3.ClH/c1-9(2)12-6-10(16)4-5-14(12)20-11-7-13(17-8-11)15(18)19-3;/h4-6,9,11,13,17H,7-8H2,1-3H3;1H. The van der Waals surface area contributed by atoms with Crippen molar-refractivity contribution in [2.45, 2.75) is 38.3 Å². The Labute approximate surface area is 136 Å². The lowest BCUT2D eigenvalue weighted by Gasteiger charge is -2.18. The fourth-order valence-corrected chi connectivity index (χ4v) is 2.55. The second kappa shape index (κ2) is 7.87. The Balaban J connectivity index is 0.00000220. The van der Waals surface area contributed by atoms with E-state index in [0.717, 1.165) is 11.3 Å². The Kier molecular flexibility index (Phi) is 6.78. The van der Waals surface area contributed by atoms with Crippen LogP contribution in [-0.2, 0) is 9.53 Å². The molecular formula is C15H21Cl2NO3. The second-order valence-electron chi connectivity index (χ2n) is 5.30. The van der Waals surface area contributed by atoms with E-state index < -0.39 is 0 Å². The lowest BCUT2D eigenvalue weighted by Crippen LogP contribution is -2.31. The third-order valence-electron chi connectivity index (χ3n) is 3.46. The smallest absolute Gasteiger partial charge is 0.323 e. The molecule has 6 heteroatoms. The van der Waals surface area contributed by atoms with Crippen molar-refractivity contribution in [1.29, 1.82) is 0 Å². The summed E-state index contributed by atoms with van der Waals surface area (Å²) >= 11 is 6.03. The molecule has 1 aliphatic heterocycles. The first-order chi connectivity index (χ1) is 9.51. The molecule has 1 aromatic carbocycles. The predicted molar refractivity (Wildman–Crippen MR) is 85.6 cm³/mol. The van der Waals surface area contributed by atoms with Crippen molar-refractivity contribution >= 4 is 30.0 Å². The van der Waals surface area contributed by atoms with E-state index in [1.807, 2.05) is 18.2 Å². The van der Waals surface area contributed by atoms with Gasteiger partial charge in [0.25, 0.3) is 0 Å². The van der Waals surface area contributed by atoms with Crippen LogP contribution in [0.25, 0.3) is 0 Å². The number of hydrogen-bond acceptors (Lipinski definition) is 4. The number of carbonyl (C=O) groups excluding carboxylic acids is 1. The number of methoxy groups -OCH3 is 1. The number of rotatable bonds is 4. The number of benzene rings is 1. The van der Waals surface area contributed by atoms with Gasteiger partial charge in [-0.25, -0.2) is 0 Å². The minimum Gasteiger partial charge on any atom is -0.489 e. The Hall–Kier alpha value is -0.970. The van der Waals surface area contributed by atoms with Crippen molar-refractivity contribution in [2.24, 2.45) is 0 Å². The number of halogens is 2. The van der Waals surface area contributed by atoms with Gasteiger partial charge in [-0.3, -0.25) is 4.79 Å². The van der Waals surface area contributed by atoms with Crippen LogP contribution in [0, 0.1) is 0 Å². The Morgan fingerprint density at radius 2 is 2.14 bits per heavy atom. The van der Waals surface area contributed by atoms with Gasteiger partial charge in [0, 0.05) is 18.0 Å². The molecule has 0 amide bonds. The van der Waals surface area contributed by atoms with E-state index >= 15 is 0 Å². The lowest BCUT2D eigenvalue weighted by atomic mass is 10.0. The molecule has 4 nitrogen and oxygen atoms in total. The van der Waals surface area contributed by atoms with Crippen LogP contribution >= 0.6 is 24.0 Å². The fourth-order valence-electron chi connectivity index (χ4n) is 2.37. The molecule has 2 unspecified atom stereocenters. The van der Waals surface area contributed by atoms with E-state index in [9.17, 15) is 4.79 Å². The van der Waals surface area contributed by atoms with Gasteiger partial charge in [0.15, 0.2) is 0 Å². The molecule has 0 spiro atoms. The molecule has 0 saturated carbocycles. The van der Waals surface area contributed by atoms with Crippen LogP contribution in [0.1, 0.15) is 31.7 Å². The summed E-state index contributed by atoms with van der Waals surface area (Å²) < 4.78 is 10.8. The maximum absolute atomic E-state index is 11.5. The van der Waals surface area contributed by atoms with Gasteiger partial charge in [-0.05, 0) is 29.7 Å². The number of esters is 1. The van der Waals surface area contributed by atoms with Crippen LogP contribution in [0.15, 0.2) is 18.2 Å². The van der Waals surface area contributed by atoms with E-state index in [1.54, 1.807) is 0 Å². The van der Waals surface area contributed by atoms with Crippen LogP contribution < -0.4 is 10.1 Å². The number of nitrogens with one attached hydrogen (secondary N) is 1. The fraction of sp³-hybridized carbons (Fsp3) is 0.533. The highest BCUT2D eigenvalue weighted by Gasteiger charge is 2.31. The molecule has 1 aliphatic rings. The first kappa shape index (κ1) is 18.1. The predicted octanol–water partition coefficient (Wildman–Crippen LogP) is 3.17. The zero-order chi connectivity index (χ0) is 14.7. The summed E-state index contributed by atoms with van der Waals surface area (Å²) in [5.74, 6) is 0.924. The van der Waals surface area contributed by atoms with Crippen molar-refractivity contribution in [3.8, 4) is 5.75 Å². The van der Waals surface area contributed by atoms with Gasteiger partial charge >= 0.3 is 5.97 Å². The van der Waals surface area contributed by atoms with Crippen molar-refractivity contribution in [1.82, 2.24) is 5.32 Å². The van der Waals surface area contributed by atoms with Gasteiger partial charge in [-0.2, -0.15) is 0 Å². The van der Waals surface area contributed by atoms with Crippen molar-refractivity contribution < 1.29 is 14.3 Å². The highest BCUT2D eigenvalue weighted by molar-refractivity contribution is 6.30. The monoisotopic (exact) mass is 333 g/mol. The Morgan fingerprint density at radius 1 is 1.43 bits per heavy atom. The van der Waals surface area contributed by atoms with E-state index in [1.165, 1.54) is 7.11 Å². The van der Waals surface area contributed by atoms with E-state index in [-0.39, 0.29) is 30.5 Å². The molecule has 1 heterocycles. The molecule has 1 saturated heterocycles. The van der Waals surface area contributed by atoms with Crippen molar-refractivity contribution in [3.63, 3.8) is 0 Å². The van der Waals surface area contributed by atoms with Gasteiger partial charge < -0.3 is 14.8 Å². The van der Waals surface area contributed by atoms with E-state index in [4.69, 9.17) is 21.1 Å². The minimum atomic E-state index is -0.278. The van der Waals surface area contributed by atoms with E-state index in [0.29, 0.717) is 23.9 Å². The molecule has 118 valence electrons. The summed E-state index contributed by atoms with van der Waals surface area (Å²) in [5.41, 5.74) is 1.08. The number of hydrogen-bond donors (Lipinski definition) is 1. The van der Waals surface area contributed by atoms with Gasteiger partial charge in [-0.15, -0.1) is 12.4 Å². The van der Waals surface area contributed by atoms with Crippen LogP contribution in [0.2, 0.25) is 5.02 Å². The molecule has 0 aromatic heterocycles. The maximum Gasteiger partial charge on any atom is 0.323 e. The topological polar surface area (TPSA) is 47.6 Å². The summed E-state index contributed by atoms with van der Waals surface area (Å²) in [6.07, 6.45) is 0.588. The van der Waals surface area contributed by atoms with Crippen LogP contribution in [0.5, 0.6) is 5.75 Å². The van der Waals surface area contributed by atoms with E-state index in [2.05, 4.69) is 19.2 Å². The second-order valence-corrected chi connectivity index (χ2v) is 5.73. The van der Waals surface area contributed by atoms with Crippen LogP contribution in [0.3, 0.4) is 0 Å². The first-order valence-corrected chi connectivity index (χ1v) is 7.16. The summed E-state index contributed by atoms with van der Waals surface area (Å²) in [6.45, 7) is 4.84. The molecular weight excluding hydrogens is 313 g/mol. The molecule has 21 heavy (non-hydrogen) atoms. The largest absolute Gasteiger partial charge is 0.489 e. The summed E-state index contributed by atoms with van der Waals surface area (Å²) in [5, 5.41) is 3.82. The number of carbonyl (C=O) groups is 1. The summed E-state index contributed by atoms with van der Waals surface area (Å²) in [7, 11) is 1.40. The average Bonchev–Trinajstić information content (AvgIpc) is 2.88. The molecule has 1 fully saturated rings. The normalized spacial score (nSPS) is 21.0. The van der Waals surface area contributed by atoms with Crippen LogP contribution in [0.4, 0.5) is 0 Å². The summed E-state index contributed by atoms with van der Waals surface area (Å²) in [4.78, 5) is 11.5. The minimum absolute atomic E-state index is 0. The van der Waals surface area contributed by atoms with Gasteiger partial charge in [0.1, 0.15) is 17.9 Å². The first-order valence-electron chi connectivity index (χ1n) is 6.78. The van der Waals surface area contributed by atoms with Crippen molar-refractivity contribution in [2.75, 3.05) is 13.7 Å². The zero-order valence-corrected chi connectivity index (χ0v) is 14.0. The SMILES string of the molecule is COC(=O)C1CC(Oc2ccc(Cl)cc2C(C)C)CN1.Cl. The lowest BCUT2D eigenvalue weighted by molar-refractivity contribution is -0.142. The molecule has 1 aromatic rings. The third-order valence-corrected chi connectivity index (χ3v) is 3.70. The maximum atomic E-state index is 11.5. The van der Waals surface area contributed by atoms with Gasteiger partial charge in [0.05, 0.1) is 7.11 Å². The van der Waals surface area contributed by atoms with Crippen molar-refractivity contribution in [3.05, 3.63) is 28.8 Å². The number of ether oxygens (including phenoxy) is 2. The third kappa shape index (κ3) is 4.50. The highest BCUT2D eigenvalue weighted by Crippen LogP contribution is 2.31. The quantitative estimate of drug-likeness (QED) is 0.860. The highest BCUT2D eigenvalue weighted by atomic mass is 35.5. The summed E-state index contributed by atoms with van der Waals surface area (Å²) in [6, 6.07) is 5.37. The molecule has 0 bridgehead atoms. The van der Waals surface area contributed by atoms with Gasteiger partial charge in [-0.1, -0.05) is 25.4 Å². The molecule has 0 radical (unpaired) electrons. The molecule has 2 rings (SSSR count).